The van der Waals surface area contributed by atoms with Crippen molar-refractivity contribution in [2.75, 3.05) is 13.2 Å². The fourth-order valence-electron chi connectivity index (χ4n) is 2.63. The van der Waals surface area contributed by atoms with Gasteiger partial charge in [0.25, 0.3) is 0 Å². The number of rotatable bonds is 8. The molecule has 7 heteroatoms. The molecule has 0 spiro atoms. The average Bonchev–Trinajstić information content (AvgIpc) is 3.39. The molecule has 0 amide bonds. The lowest BCUT2D eigenvalue weighted by Crippen LogP contribution is -2.38. The number of aliphatic imine (C=N–C) groups is 1. The van der Waals surface area contributed by atoms with E-state index in [9.17, 15) is 4.39 Å². The molecule has 1 aliphatic carbocycles. The fourth-order valence-corrected chi connectivity index (χ4v) is 3.33. The number of thiazole rings is 1. The molecule has 146 valence electrons. The van der Waals surface area contributed by atoms with Crippen molar-refractivity contribution >= 4 is 17.3 Å². The second-order valence-electron chi connectivity index (χ2n) is 6.87. The molecule has 27 heavy (non-hydrogen) atoms. The number of ether oxygens (including phenoxy) is 1. The minimum absolute atomic E-state index is 0.0858. The van der Waals surface area contributed by atoms with Crippen molar-refractivity contribution in [3.8, 4) is 5.75 Å². The number of aryl methyl sites for hydroxylation is 1. The summed E-state index contributed by atoms with van der Waals surface area (Å²) in [6.45, 7) is 7.93. The van der Waals surface area contributed by atoms with Crippen LogP contribution in [0.15, 0.2) is 28.7 Å². The summed E-state index contributed by atoms with van der Waals surface area (Å²) in [5, 5.41) is 6.57. The number of hydrogen-bond donors (Lipinski definition) is 2. The number of aromatic nitrogens is 1. The summed E-state index contributed by atoms with van der Waals surface area (Å²) in [4.78, 5) is 10.0. The molecule has 1 saturated carbocycles. The van der Waals surface area contributed by atoms with Gasteiger partial charge in [-0.3, -0.25) is 0 Å². The highest BCUT2D eigenvalue weighted by Crippen LogP contribution is 2.30. The number of nitrogens with one attached hydrogen (secondary N) is 2. The largest absolute Gasteiger partial charge is 0.490 e. The Morgan fingerprint density at radius 2 is 2.26 bits per heavy atom. The first-order chi connectivity index (χ1) is 13.1. The molecule has 2 N–H and O–H groups in total. The van der Waals surface area contributed by atoms with E-state index in [1.807, 2.05) is 32.3 Å². The summed E-state index contributed by atoms with van der Waals surface area (Å²) in [5.74, 6) is 1.32. The van der Waals surface area contributed by atoms with Crippen LogP contribution < -0.4 is 15.4 Å². The highest BCUT2D eigenvalue weighted by Gasteiger charge is 2.22. The third kappa shape index (κ3) is 5.66. The van der Waals surface area contributed by atoms with Gasteiger partial charge in [-0.05, 0) is 57.2 Å². The molecular weight excluding hydrogens is 363 g/mol. The minimum Gasteiger partial charge on any atom is -0.490 e. The molecule has 0 bridgehead atoms. The molecule has 2 aromatic rings. The molecule has 1 atom stereocenters. The van der Waals surface area contributed by atoms with Crippen LogP contribution in [-0.2, 0) is 6.54 Å². The number of halogens is 1. The molecule has 1 fully saturated rings. The highest BCUT2D eigenvalue weighted by atomic mass is 32.1. The maximum Gasteiger partial charge on any atom is 0.192 e. The number of nitrogens with zero attached hydrogens (tertiary/aromatic N) is 2. The van der Waals surface area contributed by atoms with Crippen molar-refractivity contribution in [2.24, 2.45) is 10.9 Å². The van der Waals surface area contributed by atoms with Gasteiger partial charge in [0, 0.05) is 11.4 Å². The standard InChI is InChI=1S/C20H27FN4OS/c1-4-22-20(23-10-19-14(3)24-12-27-19)25-13(2)16-7-8-18(17(21)9-16)26-11-15-5-6-15/h7-9,12-13,15H,4-6,10-11H2,1-3H3,(H2,22,23,25). The van der Waals surface area contributed by atoms with Crippen molar-refractivity contribution in [3.63, 3.8) is 0 Å². The summed E-state index contributed by atoms with van der Waals surface area (Å²) in [7, 11) is 0. The molecule has 1 unspecified atom stereocenters. The first-order valence-corrected chi connectivity index (χ1v) is 10.3. The molecule has 1 aromatic heterocycles. The molecule has 3 rings (SSSR count). The lowest BCUT2D eigenvalue weighted by Gasteiger charge is -2.19. The molecule has 1 aromatic carbocycles. The Labute approximate surface area is 164 Å². The van der Waals surface area contributed by atoms with Gasteiger partial charge < -0.3 is 15.4 Å². The van der Waals surface area contributed by atoms with E-state index < -0.39 is 0 Å². The summed E-state index contributed by atoms with van der Waals surface area (Å²) in [5.41, 5.74) is 3.70. The van der Waals surface area contributed by atoms with Gasteiger partial charge >= 0.3 is 0 Å². The predicted octanol–water partition coefficient (Wildman–Crippen LogP) is 4.20. The van der Waals surface area contributed by atoms with Crippen LogP contribution >= 0.6 is 11.3 Å². The first-order valence-electron chi connectivity index (χ1n) is 9.42. The highest BCUT2D eigenvalue weighted by molar-refractivity contribution is 7.09. The first kappa shape index (κ1) is 19.6. The van der Waals surface area contributed by atoms with Gasteiger partial charge in [-0.2, -0.15) is 0 Å². The Hall–Kier alpha value is -2.15. The maximum atomic E-state index is 14.3. The van der Waals surface area contributed by atoms with Gasteiger partial charge in [0.1, 0.15) is 0 Å². The molecule has 1 heterocycles. The van der Waals surface area contributed by atoms with E-state index in [0.29, 0.717) is 30.8 Å². The van der Waals surface area contributed by atoms with Crippen molar-refractivity contribution in [2.45, 2.75) is 46.2 Å². The molecule has 5 nitrogen and oxygen atoms in total. The average molecular weight is 391 g/mol. The monoisotopic (exact) mass is 390 g/mol. The third-order valence-corrected chi connectivity index (χ3v) is 5.47. The molecule has 0 radical (unpaired) electrons. The second kappa shape index (κ2) is 9.17. The topological polar surface area (TPSA) is 58.5 Å². The van der Waals surface area contributed by atoms with Gasteiger partial charge in [-0.25, -0.2) is 14.4 Å². The zero-order valence-corrected chi connectivity index (χ0v) is 16.9. The van der Waals surface area contributed by atoms with Crippen LogP contribution in [0.1, 0.15) is 48.9 Å². The van der Waals surface area contributed by atoms with Gasteiger partial charge in [0.2, 0.25) is 0 Å². The van der Waals surface area contributed by atoms with Crippen molar-refractivity contribution < 1.29 is 9.13 Å². The predicted molar refractivity (Wildman–Crippen MR) is 108 cm³/mol. The smallest absolute Gasteiger partial charge is 0.192 e. The van der Waals surface area contributed by atoms with Gasteiger partial charge in [0.15, 0.2) is 17.5 Å². The fraction of sp³-hybridized carbons (Fsp3) is 0.500. The van der Waals surface area contributed by atoms with Crippen LogP contribution in [0.5, 0.6) is 5.75 Å². The van der Waals surface area contributed by atoms with E-state index in [1.54, 1.807) is 17.4 Å². The zero-order valence-electron chi connectivity index (χ0n) is 16.1. The van der Waals surface area contributed by atoms with Gasteiger partial charge in [-0.1, -0.05) is 6.07 Å². The van der Waals surface area contributed by atoms with E-state index in [4.69, 9.17) is 4.74 Å². The SMILES string of the molecule is CCNC(=NCc1scnc1C)NC(C)c1ccc(OCC2CC2)c(F)c1. The summed E-state index contributed by atoms with van der Waals surface area (Å²) in [6, 6.07) is 5.07. The van der Waals surface area contributed by atoms with Crippen LogP contribution in [0.25, 0.3) is 0 Å². The Kier molecular flexibility index (Phi) is 6.66. The lowest BCUT2D eigenvalue weighted by molar-refractivity contribution is 0.285. The van der Waals surface area contributed by atoms with E-state index in [-0.39, 0.29) is 11.9 Å². The number of guanidine groups is 1. The lowest BCUT2D eigenvalue weighted by atomic mass is 10.1. The Morgan fingerprint density at radius 3 is 2.89 bits per heavy atom. The van der Waals surface area contributed by atoms with Gasteiger partial charge in [-0.15, -0.1) is 11.3 Å². The Balaban J connectivity index is 1.62. The number of benzene rings is 1. The molecule has 0 aliphatic heterocycles. The summed E-state index contributed by atoms with van der Waals surface area (Å²) >= 11 is 1.60. The molecular formula is C20H27FN4OS. The van der Waals surface area contributed by atoms with E-state index in [1.165, 1.54) is 18.9 Å². The van der Waals surface area contributed by atoms with Crippen molar-refractivity contribution in [1.29, 1.82) is 0 Å². The van der Waals surface area contributed by atoms with E-state index in [2.05, 4.69) is 20.6 Å². The van der Waals surface area contributed by atoms with Crippen molar-refractivity contribution in [1.82, 2.24) is 15.6 Å². The molecule has 1 aliphatic rings. The molecule has 0 saturated heterocycles. The van der Waals surface area contributed by atoms with Crippen LogP contribution in [-0.4, -0.2) is 24.1 Å². The third-order valence-electron chi connectivity index (χ3n) is 4.55. The normalized spacial score (nSPS) is 15.5. The maximum absolute atomic E-state index is 14.3. The Morgan fingerprint density at radius 1 is 1.44 bits per heavy atom. The van der Waals surface area contributed by atoms with Crippen LogP contribution in [0.2, 0.25) is 0 Å². The van der Waals surface area contributed by atoms with Crippen LogP contribution in [0, 0.1) is 18.7 Å². The van der Waals surface area contributed by atoms with Crippen LogP contribution in [0.3, 0.4) is 0 Å². The Bertz CT molecular complexity index is 788. The zero-order chi connectivity index (χ0) is 19.2. The quantitative estimate of drug-likeness (QED) is 0.524. The van der Waals surface area contributed by atoms with E-state index >= 15 is 0 Å². The van der Waals surface area contributed by atoms with Gasteiger partial charge in [0.05, 0.1) is 30.4 Å². The van der Waals surface area contributed by atoms with Crippen molar-refractivity contribution in [3.05, 3.63) is 45.7 Å². The second-order valence-corrected chi connectivity index (χ2v) is 7.81. The summed E-state index contributed by atoms with van der Waals surface area (Å²) < 4.78 is 19.9. The minimum atomic E-state index is -0.316. The van der Waals surface area contributed by atoms with Crippen LogP contribution in [0.4, 0.5) is 4.39 Å². The summed E-state index contributed by atoms with van der Waals surface area (Å²) in [6.07, 6.45) is 2.38. The van der Waals surface area contributed by atoms with E-state index in [0.717, 1.165) is 22.7 Å². The number of hydrogen-bond acceptors (Lipinski definition) is 4.